The van der Waals surface area contributed by atoms with Gasteiger partial charge in [-0.2, -0.15) is 0 Å². The number of primary amides is 1. The van der Waals surface area contributed by atoms with E-state index in [2.05, 4.69) is 17.1 Å². The van der Waals surface area contributed by atoms with Crippen molar-refractivity contribution in [3.63, 3.8) is 0 Å². The minimum Gasteiger partial charge on any atom is -0.366 e. The Morgan fingerprint density at radius 3 is 2.44 bits per heavy atom. The fourth-order valence-electron chi connectivity index (χ4n) is 3.95. The Morgan fingerprint density at radius 1 is 1.00 bits per heavy atom. The van der Waals surface area contributed by atoms with E-state index in [1.54, 1.807) is 18.3 Å². The Bertz CT molecular complexity index is 1220. The summed E-state index contributed by atoms with van der Waals surface area (Å²) in [5.74, 6) is 0.227. The highest BCUT2D eigenvalue weighted by Crippen LogP contribution is 2.35. The first-order valence-corrected chi connectivity index (χ1v) is 10.3. The molecule has 0 bridgehead atoms. The van der Waals surface area contributed by atoms with Crippen LogP contribution in [0.5, 0.6) is 0 Å². The second kappa shape index (κ2) is 8.37. The van der Waals surface area contributed by atoms with Crippen LogP contribution in [0.3, 0.4) is 0 Å². The molecule has 2 aromatic carbocycles. The SMILES string of the molecule is NC(=O)c1ccc(-c2nc(-c3ccccn3)cn2C2(Cc3ccccc3)COCO2)cc1. The first kappa shape index (κ1) is 20.1. The summed E-state index contributed by atoms with van der Waals surface area (Å²) in [6.07, 6.45) is 4.31. The lowest BCUT2D eigenvalue weighted by molar-refractivity contribution is -0.0597. The Balaban J connectivity index is 1.65. The van der Waals surface area contributed by atoms with Crippen molar-refractivity contribution in [1.29, 1.82) is 0 Å². The van der Waals surface area contributed by atoms with Crippen molar-refractivity contribution in [3.05, 3.63) is 96.3 Å². The largest absolute Gasteiger partial charge is 0.366 e. The van der Waals surface area contributed by atoms with Crippen LogP contribution in [0.2, 0.25) is 0 Å². The molecule has 1 unspecified atom stereocenters. The lowest BCUT2D eigenvalue weighted by atomic mass is 10.0. The molecule has 1 fully saturated rings. The van der Waals surface area contributed by atoms with Gasteiger partial charge in [0.05, 0.1) is 12.3 Å². The van der Waals surface area contributed by atoms with Gasteiger partial charge in [0, 0.05) is 29.9 Å². The number of carbonyl (C=O) groups excluding carboxylic acids is 1. The number of pyridine rings is 1. The minimum absolute atomic E-state index is 0.198. The summed E-state index contributed by atoms with van der Waals surface area (Å²) in [7, 11) is 0. The van der Waals surface area contributed by atoms with E-state index < -0.39 is 11.6 Å². The molecule has 7 nitrogen and oxygen atoms in total. The van der Waals surface area contributed by atoms with Crippen LogP contribution in [0.15, 0.2) is 85.2 Å². The van der Waals surface area contributed by atoms with Crippen molar-refractivity contribution in [2.24, 2.45) is 5.73 Å². The number of imidazole rings is 1. The van der Waals surface area contributed by atoms with Crippen molar-refractivity contribution in [2.45, 2.75) is 12.1 Å². The van der Waals surface area contributed by atoms with Gasteiger partial charge in [0.15, 0.2) is 5.72 Å². The molecule has 5 rings (SSSR count). The number of carbonyl (C=O) groups is 1. The summed E-state index contributed by atoms with van der Waals surface area (Å²) in [6.45, 7) is 0.580. The van der Waals surface area contributed by atoms with Crippen molar-refractivity contribution >= 4 is 5.91 Å². The Morgan fingerprint density at radius 2 is 1.78 bits per heavy atom. The topological polar surface area (TPSA) is 92.3 Å². The summed E-state index contributed by atoms with van der Waals surface area (Å²) < 4.78 is 13.9. The molecular formula is C25H22N4O3. The van der Waals surface area contributed by atoms with Gasteiger partial charge in [0.25, 0.3) is 0 Å². The third-order valence-electron chi connectivity index (χ3n) is 5.56. The van der Waals surface area contributed by atoms with Gasteiger partial charge < -0.3 is 15.2 Å². The van der Waals surface area contributed by atoms with Gasteiger partial charge in [0.1, 0.15) is 18.3 Å². The highest BCUT2D eigenvalue weighted by atomic mass is 16.7. The second-order valence-electron chi connectivity index (χ2n) is 7.70. The van der Waals surface area contributed by atoms with E-state index in [0.29, 0.717) is 24.4 Å². The van der Waals surface area contributed by atoms with Gasteiger partial charge in [-0.15, -0.1) is 0 Å². The third kappa shape index (κ3) is 3.79. The summed E-state index contributed by atoms with van der Waals surface area (Å²) in [4.78, 5) is 20.9. The molecule has 2 N–H and O–H groups in total. The summed E-state index contributed by atoms with van der Waals surface area (Å²) in [5.41, 5.74) is 8.53. The number of amides is 1. The highest BCUT2D eigenvalue weighted by molar-refractivity contribution is 5.93. The van der Waals surface area contributed by atoms with Crippen LogP contribution in [0, 0.1) is 0 Å². The van der Waals surface area contributed by atoms with E-state index in [0.717, 1.165) is 22.5 Å². The second-order valence-corrected chi connectivity index (χ2v) is 7.70. The number of benzene rings is 2. The van der Waals surface area contributed by atoms with Crippen LogP contribution < -0.4 is 5.73 Å². The van der Waals surface area contributed by atoms with Crippen LogP contribution >= 0.6 is 0 Å². The van der Waals surface area contributed by atoms with E-state index >= 15 is 0 Å². The molecule has 1 atom stereocenters. The average Bonchev–Trinajstić information content (AvgIpc) is 3.49. The van der Waals surface area contributed by atoms with E-state index in [-0.39, 0.29) is 6.79 Å². The smallest absolute Gasteiger partial charge is 0.248 e. The van der Waals surface area contributed by atoms with E-state index in [1.807, 2.05) is 59.3 Å². The Hall–Kier alpha value is -3.81. The summed E-state index contributed by atoms with van der Waals surface area (Å²) >= 11 is 0. The maximum Gasteiger partial charge on any atom is 0.248 e. The standard InChI is InChI=1S/C25H22N4O3/c26-23(30)19-9-11-20(12-10-19)24-28-22(21-8-4-5-13-27-21)15-29(24)25(16-31-17-32-25)14-18-6-2-1-3-7-18/h1-13,15H,14,16-17H2,(H2,26,30). The molecule has 0 aliphatic carbocycles. The lowest BCUT2D eigenvalue weighted by Crippen LogP contribution is -2.38. The molecule has 1 aliphatic rings. The lowest BCUT2D eigenvalue weighted by Gasteiger charge is -2.30. The number of nitrogens with zero attached hydrogens (tertiary/aromatic N) is 3. The molecule has 1 aliphatic heterocycles. The van der Waals surface area contributed by atoms with E-state index in [9.17, 15) is 4.79 Å². The van der Waals surface area contributed by atoms with E-state index in [1.165, 1.54) is 0 Å². The molecule has 4 aromatic rings. The predicted octanol–water partition coefficient (Wildman–Crippen LogP) is 3.61. The van der Waals surface area contributed by atoms with E-state index in [4.69, 9.17) is 20.2 Å². The van der Waals surface area contributed by atoms with Gasteiger partial charge >= 0.3 is 0 Å². The van der Waals surface area contributed by atoms with Crippen LogP contribution in [0.4, 0.5) is 0 Å². The van der Waals surface area contributed by atoms with Gasteiger partial charge in [-0.05, 0) is 29.8 Å². The van der Waals surface area contributed by atoms with Crippen molar-refractivity contribution in [2.75, 3.05) is 13.4 Å². The van der Waals surface area contributed by atoms with Crippen molar-refractivity contribution < 1.29 is 14.3 Å². The predicted molar refractivity (Wildman–Crippen MR) is 119 cm³/mol. The molecule has 1 amide bonds. The maximum absolute atomic E-state index is 11.5. The summed E-state index contributed by atoms with van der Waals surface area (Å²) in [6, 6.07) is 23.0. The molecule has 1 saturated heterocycles. The van der Waals surface area contributed by atoms with Crippen LogP contribution in [-0.4, -0.2) is 33.8 Å². The number of hydrogen-bond donors (Lipinski definition) is 1. The molecule has 160 valence electrons. The zero-order valence-corrected chi connectivity index (χ0v) is 17.3. The fraction of sp³-hybridized carbons (Fsp3) is 0.160. The number of rotatable bonds is 6. The van der Waals surface area contributed by atoms with Crippen LogP contribution in [0.25, 0.3) is 22.8 Å². The average molecular weight is 426 g/mol. The Labute approximate surface area is 185 Å². The van der Waals surface area contributed by atoms with Gasteiger partial charge in [0.2, 0.25) is 5.91 Å². The zero-order chi connectivity index (χ0) is 22.0. The van der Waals surface area contributed by atoms with Gasteiger partial charge in [-0.25, -0.2) is 4.98 Å². The minimum atomic E-state index is -0.765. The first-order valence-electron chi connectivity index (χ1n) is 10.3. The normalized spacial score (nSPS) is 18.0. The Kier molecular flexibility index (Phi) is 5.26. The van der Waals surface area contributed by atoms with Crippen molar-refractivity contribution in [3.8, 4) is 22.8 Å². The van der Waals surface area contributed by atoms with Gasteiger partial charge in [-0.1, -0.05) is 48.5 Å². The number of ether oxygens (including phenoxy) is 2. The molecule has 0 saturated carbocycles. The molecule has 7 heteroatoms. The maximum atomic E-state index is 11.5. The van der Waals surface area contributed by atoms with Crippen molar-refractivity contribution in [1.82, 2.24) is 14.5 Å². The number of hydrogen-bond acceptors (Lipinski definition) is 5. The molecule has 0 radical (unpaired) electrons. The summed E-state index contributed by atoms with van der Waals surface area (Å²) in [5, 5.41) is 0. The highest BCUT2D eigenvalue weighted by Gasteiger charge is 2.40. The molecule has 2 aromatic heterocycles. The van der Waals surface area contributed by atoms with Crippen LogP contribution in [0.1, 0.15) is 15.9 Å². The number of nitrogens with two attached hydrogens (primary N) is 1. The monoisotopic (exact) mass is 426 g/mol. The molecular weight excluding hydrogens is 404 g/mol. The molecule has 0 spiro atoms. The molecule has 32 heavy (non-hydrogen) atoms. The van der Waals surface area contributed by atoms with Gasteiger partial charge in [-0.3, -0.25) is 14.3 Å². The molecule has 3 heterocycles. The van der Waals surface area contributed by atoms with Crippen LogP contribution in [-0.2, 0) is 21.6 Å². The zero-order valence-electron chi connectivity index (χ0n) is 17.3. The first-order chi connectivity index (χ1) is 15.6. The quantitative estimate of drug-likeness (QED) is 0.508. The fourth-order valence-corrected chi connectivity index (χ4v) is 3.95. The number of aromatic nitrogens is 3. The third-order valence-corrected chi connectivity index (χ3v) is 5.56.